The Kier molecular flexibility index (Phi) is 3.54. The van der Waals surface area contributed by atoms with Gasteiger partial charge in [0.15, 0.2) is 0 Å². The first-order valence-corrected chi connectivity index (χ1v) is 7.02. The fourth-order valence-corrected chi connectivity index (χ4v) is 4.07. The van der Waals surface area contributed by atoms with Crippen molar-refractivity contribution < 1.29 is 9.90 Å². The van der Waals surface area contributed by atoms with E-state index in [-0.39, 0.29) is 17.9 Å². The first kappa shape index (κ1) is 12.6. The summed E-state index contributed by atoms with van der Waals surface area (Å²) in [5, 5.41) is 11.3. The van der Waals surface area contributed by atoms with Gasteiger partial charge in [-0.05, 0) is 42.7 Å². The molecule has 2 unspecified atom stereocenters. The summed E-state index contributed by atoms with van der Waals surface area (Å²) in [5.41, 5.74) is 7.11. The molecule has 0 radical (unpaired) electrons. The molecule has 4 heteroatoms. The summed E-state index contributed by atoms with van der Waals surface area (Å²) in [4.78, 5) is 12.5. The topological polar surface area (TPSA) is 63.3 Å². The third-order valence-corrected chi connectivity index (χ3v) is 4.91. The summed E-state index contributed by atoms with van der Waals surface area (Å²) in [6, 6.07) is 2.02. The van der Waals surface area contributed by atoms with Crippen molar-refractivity contribution in [3.05, 3.63) is 21.9 Å². The standard InChI is InChI=1S/C13H19NO2S/c1-2-11(14)13(8-12(15)16)6-3-4-10-9(13)5-7-17-10/h5,7,11H,2-4,6,8,14H2,1H3,(H,15,16). The highest BCUT2D eigenvalue weighted by Gasteiger charge is 2.43. The van der Waals surface area contributed by atoms with Gasteiger partial charge >= 0.3 is 5.97 Å². The van der Waals surface area contributed by atoms with Gasteiger partial charge in [0.25, 0.3) is 0 Å². The van der Waals surface area contributed by atoms with Crippen LogP contribution in [0.15, 0.2) is 11.4 Å². The highest BCUT2D eigenvalue weighted by atomic mass is 32.1. The van der Waals surface area contributed by atoms with E-state index in [0.29, 0.717) is 0 Å². The van der Waals surface area contributed by atoms with Crippen molar-refractivity contribution in [2.24, 2.45) is 5.73 Å². The van der Waals surface area contributed by atoms with Crippen LogP contribution in [-0.4, -0.2) is 17.1 Å². The molecule has 94 valence electrons. The zero-order valence-corrected chi connectivity index (χ0v) is 10.9. The monoisotopic (exact) mass is 253 g/mol. The molecule has 3 nitrogen and oxygen atoms in total. The fraction of sp³-hybridized carbons (Fsp3) is 0.615. The Morgan fingerprint density at radius 2 is 2.47 bits per heavy atom. The van der Waals surface area contributed by atoms with Crippen molar-refractivity contribution in [3.8, 4) is 0 Å². The van der Waals surface area contributed by atoms with Crippen LogP contribution < -0.4 is 5.73 Å². The second kappa shape index (κ2) is 4.78. The van der Waals surface area contributed by atoms with Gasteiger partial charge in [-0.2, -0.15) is 0 Å². The average molecular weight is 253 g/mol. The van der Waals surface area contributed by atoms with Crippen LogP contribution in [0.4, 0.5) is 0 Å². The molecule has 3 N–H and O–H groups in total. The fourth-order valence-electron chi connectivity index (χ4n) is 3.04. The summed E-state index contributed by atoms with van der Waals surface area (Å²) in [6.45, 7) is 2.04. The minimum atomic E-state index is -0.743. The Bertz CT molecular complexity index is 415. The van der Waals surface area contributed by atoms with Crippen molar-refractivity contribution in [3.63, 3.8) is 0 Å². The lowest BCUT2D eigenvalue weighted by Crippen LogP contribution is -2.48. The van der Waals surface area contributed by atoms with Crippen LogP contribution in [0.5, 0.6) is 0 Å². The molecule has 0 saturated heterocycles. The van der Waals surface area contributed by atoms with E-state index in [9.17, 15) is 9.90 Å². The predicted octanol–water partition coefficient (Wildman–Crippen LogP) is 2.53. The number of aryl methyl sites for hydroxylation is 1. The number of aliphatic carboxylic acids is 1. The first-order chi connectivity index (χ1) is 8.10. The molecule has 2 atom stereocenters. The molecule has 0 saturated carbocycles. The number of hydrogen-bond acceptors (Lipinski definition) is 3. The highest BCUT2D eigenvalue weighted by molar-refractivity contribution is 7.10. The Morgan fingerprint density at radius 1 is 1.71 bits per heavy atom. The predicted molar refractivity (Wildman–Crippen MR) is 69.5 cm³/mol. The van der Waals surface area contributed by atoms with E-state index in [2.05, 4.69) is 11.4 Å². The third-order valence-electron chi connectivity index (χ3n) is 3.92. The molecule has 1 aromatic rings. The van der Waals surface area contributed by atoms with Crippen molar-refractivity contribution in [1.29, 1.82) is 0 Å². The number of hydrogen-bond donors (Lipinski definition) is 2. The van der Waals surface area contributed by atoms with Gasteiger partial charge in [0.2, 0.25) is 0 Å². The van der Waals surface area contributed by atoms with Gasteiger partial charge in [-0.15, -0.1) is 11.3 Å². The molecule has 1 aliphatic rings. The van der Waals surface area contributed by atoms with E-state index in [1.165, 1.54) is 10.4 Å². The Morgan fingerprint density at radius 3 is 3.12 bits per heavy atom. The van der Waals surface area contributed by atoms with Gasteiger partial charge in [-0.3, -0.25) is 4.79 Å². The molecule has 2 rings (SSSR count). The van der Waals surface area contributed by atoms with Gasteiger partial charge in [0.05, 0.1) is 6.42 Å². The molecule has 0 bridgehead atoms. The van der Waals surface area contributed by atoms with Crippen LogP contribution in [0.1, 0.15) is 43.0 Å². The number of thiophene rings is 1. The van der Waals surface area contributed by atoms with Crippen molar-refractivity contribution in [2.45, 2.75) is 50.5 Å². The van der Waals surface area contributed by atoms with E-state index in [1.807, 2.05) is 6.92 Å². The van der Waals surface area contributed by atoms with E-state index in [1.54, 1.807) is 11.3 Å². The molecule has 1 heterocycles. The summed E-state index contributed by atoms with van der Waals surface area (Å²) in [5.74, 6) is -0.743. The van der Waals surface area contributed by atoms with Crippen molar-refractivity contribution >= 4 is 17.3 Å². The minimum absolute atomic E-state index is 0.0627. The number of nitrogens with two attached hydrogens (primary N) is 1. The van der Waals surface area contributed by atoms with E-state index < -0.39 is 5.97 Å². The van der Waals surface area contributed by atoms with Crippen LogP contribution in [0.3, 0.4) is 0 Å². The number of rotatable bonds is 4. The molecule has 0 aliphatic heterocycles. The third kappa shape index (κ3) is 2.11. The first-order valence-electron chi connectivity index (χ1n) is 6.14. The summed E-state index contributed by atoms with van der Waals surface area (Å²) >= 11 is 1.73. The maximum absolute atomic E-state index is 11.2. The number of carboxylic acid groups (broad SMARTS) is 1. The van der Waals surface area contributed by atoms with Gasteiger partial charge in [0, 0.05) is 16.3 Å². The van der Waals surface area contributed by atoms with Crippen LogP contribution in [0.2, 0.25) is 0 Å². The van der Waals surface area contributed by atoms with E-state index in [4.69, 9.17) is 5.73 Å². The largest absolute Gasteiger partial charge is 0.481 e. The quantitative estimate of drug-likeness (QED) is 0.866. The SMILES string of the molecule is CCC(N)C1(CC(=O)O)CCCc2sccc21. The molecule has 1 aromatic heterocycles. The molecule has 0 aromatic carbocycles. The maximum Gasteiger partial charge on any atom is 0.304 e. The van der Waals surface area contributed by atoms with Crippen LogP contribution in [0, 0.1) is 0 Å². The molecule has 0 spiro atoms. The Balaban J connectivity index is 2.45. The summed E-state index contributed by atoms with van der Waals surface area (Å²) in [6.07, 6.45) is 4.01. The van der Waals surface area contributed by atoms with Gasteiger partial charge in [-0.25, -0.2) is 0 Å². The van der Waals surface area contributed by atoms with E-state index >= 15 is 0 Å². The Hall–Kier alpha value is -0.870. The average Bonchev–Trinajstić information content (AvgIpc) is 2.76. The molecule has 0 fully saturated rings. The number of carboxylic acids is 1. The van der Waals surface area contributed by atoms with Gasteiger partial charge in [0.1, 0.15) is 0 Å². The van der Waals surface area contributed by atoms with Crippen molar-refractivity contribution in [2.75, 3.05) is 0 Å². The molecular weight excluding hydrogens is 234 g/mol. The second-order valence-electron chi connectivity index (χ2n) is 4.85. The molecule has 17 heavy (non-hydrogen) atoms. The summed E-state index contributed by atoms with van der Waals surface area (Å²) in [7, 11) is 0. The highest BCUT2D eigenvalue weighted by Crippen LogP contribution is 2.44. The second-order valence-corrected chi connectivity index (χ2v) is 5.85. The van der Waals surface area contributed by atoms with Crippen molar-refractivity contribution in [1.82, 2.24) is 0 Å². The summed E-state index contributed by atoms with van der Waals surface area (Å²) < 4.78 is 0. The smallest absolute Gasteiger partial charge is 0.304 e. The van der Waals surface area contributed by atoms with Gasteiger partial charge in [-0.1, -0.05) is 6.92 Å². The number of carbonyl (C=O) groups is 1. The van der Waals surface area contributed by atoms with Crippen LogP contribution in [-0.2, 0) is 16.6 Å². The maximum atomic E-state index is 11.2. The molecule has 0 amide bonds. The lowest BCUT2D eigenvalue weighted by molar-refractivity contribution is -0.139. The van der Waals surface area contributed by atoms with Crippen LogP contribution >= 0.6 is 11.3 Å². The molecular formula is C13H19NO2S. The minimum Gasteiger partial charge on any atom is -0.481 e. The van der Waals surface area contributed by atoms with E-state index in [0.717, 1.165) is 25.7 Å². The normalized spacial score (nSPS) is 25.3. The molecule has 1 aliphatic carbocycles. The Labute approximate surface area is 106 Å². The van der Waals surface area contributed by atoms with Gasteiger partial charge < -0.3 is 10.8 Å². The lowest BCUT2D eigenvalue weighted by atomic mass is 9.65. The number of fused-ring (bicyclic) bond motifs is 1. The zero-order valence-electron chi connectivity index (χ0n) is 10.1. The zero-order chi connectivity index (χ0) is 12.5. The van der Waals surface area contributed by atoms with Crippen LogP contribution in [0.25, 0.3) is 0 Å². The lowest BCUT2D eigenvalue weighted by Gasteiger charge is -2.41.